The highest BCUT2D eigenvalue weighted by Gasteiger charge is 2.07. The molecule has 0 saturated heterocycles. The van der Waals surface area contributed by atoms with Gasteiger partial charge in [-0.2, -0.15) is 0 Å². The predicted octanol–water partition coefficient (Wildman–Crippen LogP) is 4.98. The SMILES string of the molecule is C/C=C/C(CCc1ccccc1)c1ccccc1. The van der Waals surface area contributed by atoms with Gasteiger partial charge in [0, 0.05) is 5.92 Å². The van der Waals surface area contributed by atoms with Crippen LogP contribution in [0.2, 0.25) is 0 Å². The maximum absolute atomic E-state index is 2.30. The first-order chi connectivity index (χ1) is 8.90. The average molecular weight is 236 g/mol. The van der Waals surface area contributed by atoms with Crippen molar-refractivity contribution < 1.29 is 0 Å². The summed E-state index contributed by atoms with van der Waals surface area (Å²) in [6.45, 7) is 2.10. The lowest BCUT2D eigenvalue weighted by Gasteiger charge is -2.13. The maximum Gasteiger partial charge on any atom is 0.00210 e. The molecule has 0 fully saturated rings. The van der Waals surface area contributed by atoms with Crippen LogP contribution in [-0.2, 0) is 6.42 Å². The van der Waals surface area contributed by atoms with Gasteiger partial charge >= 0.3 is 0 Å². The molecule has 18 heavy (non-hydrogen) atoms. The van der Waals surface area contributed by atoms with Crippen molar-refractivity contribution in [2.24, 2.45) is 0 Å². The van der Waals surface area contributed by atoms with Gasteiger partial charge in [0.2, 0.25) is 0 Å². The predicted molar refractivity (Wildman–Crippen MR) is 78.8 cm³/mol. The third kappa shape index (κ3) is 3.59. The molecule has 2 aromatic rings. The molecule has 0 N–H and O–H groups in total. The molecule has 0 heterocycles. The topological polar surface area (TPSA) is 0 Å². The molecule has 0 aliphatic carbocycles. The lowest BCUT2D eigenvalue weighted by molar-refractivity contribution is 0.735. The van der Waals surface area contributed by atoms with Crippen molar-refractivity contribution in [3.05, 3.63) is 83.9 Å². The van der Waals surface area contributed by atoms with Crippen LogP contribution in [0.15, 0.2) is 72.8 Å². The van der Waals surface area contributed by atoms with E-state index in [1.165, 1.54) is 17.5 Å². The lowest BCUT2D eigenvalue weighted by atomic mass is 9.92. The van der Waals surface area contributed by atoms with E-state index in [1.807, 2.05) is 0 Å². The lowest BCUT2D eigenvalue weighted by Crippen LogP contribution is -1.97. The minimum atomic E-state index is 0.524. The Hall–Kier alpha value is -1.82. The van der Waals surface area contributed by atoms with Gasteiger partial charge < -0.3 is 0 Å². The van der Waals surface area contributed by atoms with Gasteiger partial charge in [-0.05, 0) is 30.9 Å². The smallest absolute Gasteiger partial charge is 0.00210 e. The van der Waals surface area contributed by atoms with Gasteiger partial charge in [-0.15, -0.1) is 0 Å². The fourth-order valence-corrected chi connectivity index (χ4v) is 2.27. The van der Waals surface area contributed by atoms with Gasteiger partial charge in [0.05, 0.1) is 0 Å². The van der Waals surface area contributed by atoms with Gasteiger partial charge in [0.15, 0.2) is 0 Å². The van der Waals surface area contributed by atoms with E-state index in [-0.39, 0.29) is 0 Å². The molecule has 0 heteroatoms. The molecule has 0 aliphatic rings. The zero-order valence-electron chi connectivity index (χ0n) is 10.9. The van der Waals surface area contributed by atoms with Crippen molar-refractivity contribution in [3.63, 3.8) is 0 Å². The zero-order chi connectivity index (χ0) is 12.6. The third-order valence-electron chi connectivity index (χ3n) is 3.24. The van der Waals surface area contributed by atoms with Gasteiger partial charge in [-0.25, -0.2) is 0 Å². The summed E-state index contributed by atoms with van der Waals surface area (Å²) >= 11 is 0. The Morgan fingerprint density at radius 2 is 1.50 bits per heavy atom. The van der Waals surface area contributed by atoms with E-state index in [9.17, 15) is 0 Å². The molecule has 0 aromatic heterocycles. The number of hydrogen-bond acceptors (Lipinski definition) is 0. The van der Waals surface area contributed by atoms with Gasteiger partial charge in [0.1, 0.15) is 0 Å². The maximum atomic E-state index is 2.30. The summed E-state index contributed by atoms with van der Waals surface area (Å²) in [5.74, 6) is 0.524. The number of benzene rings is 2. The summed E-state index contributed by atoms with van der Waals surface area (Å²) < 4.78 is 0. The van der Waals surface area contributed by atoms with Crippen molar-refractivity contribution in [2.45, 2.75) is 25.7 Å². The number of allylic oxidation sites excluding steroid dienone is 2. The van der Waals surface area contributed by atoms with Crippen molar-refractivity contribution in [1.82, 2.24) is 0 Å². The first-order valence-electron chi connectivity index (χ1n) is 6.62. The third-order valence-corrected chi connectivity index (χ3v) is 3.24. The molecule has 0 nitrogen and oxygen atoms in total. The fourth-order valence-electron chi connectivity index (χ4n) is 2.27. The number of hydrogen-bond donors (Lipinski definition) is 0. The van der Waals surface area contributed by atoms with E-state index in [0.29, 0.717) is 5.92 Å². The Kier molecular flexibility index (Phi) is 4.78. The van der Waals surface area contributed by atoms with E-state index >= 15 is 0 Å². The molecular weight excluding hydrogens is 216 g/mol. The Balaban J connectivity index is 2.04. The quantitative estimate of drug-likeness (QED) is 0.642. The Labute approximate surface area is 110 Å². The van der Waals surface area contributed by atoms with Crippen LogP contribution >= 0.6 is 0 Å². The first-order valence-corrected chi connectivity index (χ1v) is 6.62. The minimum Gasteiger partial charge on any atom is -0.0910 e. The molecular formula is C18H20. The zero-order valence-corrected chi connectivity index (χ0v) is 10.9. The Morgan fingerprint density at radius 1 is 0.889 bits per heavy atom. The molecule has 0 spiro atoms. The molecule has 1 atom stereocenters. The van der Waals surface area contributed by atoms with Gasteiger partial charge in [0.25, 0.3) is 0 Å². The first kappa shape index (κ1) is 12.6. The van der Waals surface area contributed by atoms with E-state index in [0.717, 1.165) is 6.42 Å². The highest BCUT2D eigenvalue weighted by molar-refractivity contribution is 5.24. The molecule has 2 rings (SSSR count). The highest BCUT2D eigenvalue weighted by Crippen LogP contribution is 2.23. The Morgan fingerprint density at radius 3 is 2.11 bits per heavy atom. The normalized spacial score (nSPS) is 12.7. The van der Waals surface area contributed by atoms with Crippen molar-refractivity contribution in [3.8, 4) is 0 Å². The summed E-state index contributed by atoms with van der Waals surface area (Å²) in [6, 6.07) is 21.5. The molecule has 0 aliphatic heterocycles. The van der Waals surface area contributed by atoms with E-state index in [2.05, 4.69) is 79.7 Å². The van der Waals surface area contributed by atoms with Crippen molar-refractivity contribution >= 4 is 0 Å². The van der Waals surface area contributed by atoms with Crippen LogP contribution in [0, 0.1) is 0 Å². The average Bonchev–Trinajstić information content (AvgIpc) is 2.45. The van der Waals surface area contributed by atoms with Crippen LogP contribution in [0.4, 0.5) is 0 Å². The molecule has 2 aromatic carbocycles. The van der Waals surface area contributed by atoms with Gasteiger partial charge in [-0.3, -0.25) is 0 Å². The number of rotatable bonds is 5. The van der Waals surface area contributed by atoms with Gasteiger partial charge in [-0.1, -0.05) is 72.8 Å². The molecule has 0 radical (unpaired) electrons. The minimum absolute atomic E-state index is 0.524. The fraction of sp³-hybridized carbons (Fsp3) is 0.222. The van der Waals surface area contributed by atoms with Crippen LogP contribution in [0.3, 0.4) is 0 Å². The van der Waals surface area contributed by atoms with E-state index in [1.54, 1.807) is 0 Å². The number of aryl methyl sites for hydroxylation is 1. The summed E-state index contributed by atoms with van der Waals surface area (Å²) in [5.41, 5.74) is 2.83. The second kappa shape index (κ2) is 6.80. The van der Waals surface area contributed by atoms with Crippen LogP contribution < -0.4 is 0 Å². The molecule has 92 valence electrons. The van der Waals surface area contributed by atoms with E-state index in [4.69, 9.17) is 0 Å². The molecule has 0 saturated carbocycles. The molecule has 0 bridgehead atoms. The second-order valence-electron chi connectivity index (χ2n) is 4.57. The standard InChI is InChI=1S/C18H20/c1-2-9-17(18-12-7-4-8-13-18)15-14-16-10-5-3-6-11-16/h2-13,17H,14-15H2,1H3/b9-2+. The molecule has 1 unspecified atom stereocenters. The Bertz CT molecular complexity index is 468. The van der Waals surface area contributed by atoms with Crippen LogP contribution in [-0.4, -0.2) is 0 Å². The van der Waals surface area contributed by atoms with Crippen LogP contribution in [0.1, 0.15) is 30.4 Å². The summed E-state index contributed by atoms with van der Waals surface area (Å²) in [4.78, 5) is 0. The summed E-state index contributed by atoms with van der Waals surface area (Å²) in [6.07, 6.45) is 6.75. The van der Waals surface area contributed by atoms with Crippen molar-refractivity contribution in [2.75, 3.05) is 0 Å². The van der Waals surface area contributed by atoms with Crippen molar-refractivity contribution in [1.29, 1.82) is 0 Å². The monoisotopic (exact) mass is 236 g/mol. The largest absolute Gasteiger partial charge is 0.0910 e. The van der Waals surface area contributed by atoms with E-state index < -0.39 is 0 Å². The van der Waals surface area contributed by atoms with Crippen LogP contribution in [0.25, 0.3) is 0 Å². The second-order valence-corrected chi connectivity index (χ2v) is 4.57. The van der Waals surface area contributed by atoms with Crippen LogP contribution in [0.5, 0.6) is 0 Å². The summed E-state index contributed by atoms with van der Waals surface area (Å²) in [5, 5.41) is 0. The summed E-state index contributed by atoms with van der Waals surface area (Å²) in [7, 11) is 0. The highest BCUT2D eigenvalue weighted by atomic mass is 14.1. The molecule has 0 amide bonds.